The number of nitrogens with one attached hydrogen (secondary N) is 1. The Bertz CT molecular complexity index is 1030. The first-order valence-corrected chi connectivity index (χ1v) is 9.92. The number of hydrogen-bond acceptors (Lipinski definition) is 4. The number of halogens is 2. The molecule has 0 aliphatic carbocycles. The van der Waals surface area contributed by atoms with Crippen LogP contribution in [0.3, 0.4) is 0 Å². The molecule has 29 heavy (non-hydrogen) atoms. The van der Waals surface area contributed by atoms with Gasteiger partial charge in [-0.05, 0) is 53.6 Å². The first-order valence-electron chi connectivity index (χ1n) is 9.16. The molecule has 0 spiro atoms. The molecule has 1 aliphatic rings. The molecule has 0 aromatic heterocycles. The van der Waals surface area contributed by atoms with Crippen molar-refractivity contribution in [1.82, 2.24) is 5.32 Å². The van der Waals surface area contributed by atoms with Crippen LogP contribution < -0.4 is 14.8 Å². The van der Waals surface area contributed by atoms with E-state index < -0.39 is 0 Å². The first-order chi connectivity index (χ1) is 14.1. The van der Waals surface area contributed by atoms with Gasteiger partial charge in [0.05, 0.1) is 25.8 Å². The summed E-state index contributed by atoms with van der Waals surface area (Å²) in [5.74, 6) is 2.22. The van der Waals surface area contributed by atoms with Crippen molar-refractivity contribution >= 4 is 29.0 Å². The van der Waals surface area contributed by atoms with Gasteiger partial charge in [0.25, 0.3) is 0 Å². The molecule has 4 rings (SSSR count). The van der Waals surface area contributed by atoms with E-state index in [9.17, 15) is 0 Å². The highest BCUT2D eigenvalue weighted by Gasteiger charge is 2.33. The summed E-state index contributed by atoms with van der Waals surface area (Å²) in [7, 11) is 3.29. The molecule has 3 aromatic rings. The number of amidine groups is 1. The van der Waals surface area contributed by atoms with E-state index in [4.69, 9.17) is 37.7 Å². The Morgan fingerprint density at radius 3 is 2.00 bits per heavy atom. The average molecular weight is 427 g/mol. The summed E-state index contributed by atoms with van der Waals surface area (Å²) in [6.45, 7) is 0. The Morgan fingerprint density at radius 2 is 1.41 bits per heavy atom. The van der Waals surface area contributed by atoms with E-state index in [2.05, 4.69) is 5.32 Å². The monoisotopic (exact) mass is 426 g/mol. The van der Waals surface area contributed by atoms with Crippen LogP contribution >= 0.6 is 23.2 Å². The average Bonchev–Trinajstić information content (AvgIpc) is 3.19. The van der Waals surface area contributed by atoms with Crippen molar-refractivity contribution in [3.8, 4) is 11.5 Å². The number of benzene rings is 3. The van der Waals surface area contributed by atoms with Gasteiger partial charge in [0.2, 0.25) is 0 Å². The molecule has 0 fully saturated rings. The van der Waals surface area contributed by atoms with Crippen LogP contribution in [0.2, 0.25) is 10.0 Å². The van der Waals surface area contributed by atoms with Gasteiger partial charge in [-0.25, -0.2) is 0 Å². The maximum atomic E-state index is 6.09. The summed E-state index contributed by atoms with van der Waals surface area (Å²) < 4.78 is 11.0. The minimum atomic E-state index is -0.126. The minimum Gasteiger partial charge on any atom is -0.497 e. The highest BCUT2D eigenvalue weighted by atomic mass is 35.5. The summed E-state index contributed by atoms with van der Waals surface area (Å²) in [4.78, 5) is 5.02. The molecule has 0 saturated carbocycles. The van der Waals surface area contributed by atoms with E-state index in [1.165, 1.54) is 0 Å². The number of rotatable bonds is 5. The molecule has 1 heterocycles. The predicted molar refractivity (Wildman–Crippen MR) is 118 cm³/mol. The molecule has 1 aliphatic heterocycles. The highest BCUT2D eigenvalue weighted by Crippen LogP contribution is 2.39. The van der Waals surface area contributed by atoms with Gasteiger partial charge in [-0.2, -0.15) is 0 Å². The van der Waals surface area contributed by atoms with Crippen LogP contribution in [0.4, 0.5) is 0 Å². The van der Waals surface area contributed by atoms with Crippen LogP contribution in [0.25, 0.3) is 0 Å². The van der Waals surface area contributed by atoms with Crippen LogP contribution in [0.5, 0.6) is 11.5 Å². The Labute approximate surface area is 180 Å². The minimum absolute atomic E-state index is 0.0562. The zero-order chi connectivity index (χ0) is 20.4. The molecule has 0 unspecified atom stereocenters. The third kappa shape index (κ3) is 4.04. The summed E-state index contributed by atoms with van der Waals surface area (Å²) in [6, 6.07) is 21.1. The van der Waals surface area contributed by atoms with Gasteiger partial charge >= 0.3 is 0 Å². The first kappa shape index (κ1) is 19.6. The Kier molecular flexibility index (Phi) is 5.65. The number of aliphatic imine (C=N–C) groups is 1. The third-order valence-electron chi connectivity index (χ3n) is 4.98. The SMILES string of the molecule is COc1ccc(OC)c(C2=N[C@H](c3ccc(Cl)cc3)[C@H](c3ccc(Cl)cc3)N2)c1. The predicted octanol–water partition coefficient (Wildman–Crippen LogP) is 5.84. The van der Waals surface area contributed by atoms with Crippen molar-refractivity contribution in [1.29, 1.82) is 0 Å². The maximum Gasteiger partial charge on any atom is 0.133 e. The van der Waals surface area contributed by atoms with Crippen molar-refractivity contribution in [2.45, 2.75) is 12.1 Å². The molecule has 0 radical (unpaired) electrons. The number of nitrogens with zero attached hydrogens (tertiary/aromatic N) is 1. The summed E-state index contributed by atoms with van der Waals surface area (Å²) in [6.07, 6.45) is 0. The Balaban J connectivity index is 1.79. The molecule has 4 nitrogen and oxygen atoms in total. The normalized spacial score (nSPS) is 18.1. The molecule has 3 aromatic carbocycles. The highest BCUT2D eigenvalue weighted by molar-refractivity contribution is 6.30. The van der Waals surface area contributed by atoms with Gasteiger partial charge in [-0.3, -0.25) is 4.99 Å². The van der Waals surface area contributed by atoms with Gasteiger partial charge in [0, 0.05) is 10.0 Å². The van der Waals surface area contributed by atoms with E-state index in [1.807, 2.05) is 66.7 Å². The van der Waals surface area contributed by atoms with Crippen molar-refractivity contribution in [2.24, 2.45) is 4.99 Å². The second kappa shape index (κ2) is 8.36. The standard InChI is InChI=1S/C23H20Cl2N2O2/c1-28-18-11-12-20(29-2)19(13-18)23-26-21(14-3-7-16(24)8-4-14)22(27-23)15-5-9-17(25)10-6-15/h3-13,21-22H,1-2H3,(H,26,27)/t21-,22+. The largest absolute Gasteiger partial charge is 0.497 e. The van der Waals surface area contributed by atoms with Crippen LogP contribution in [0.15, 0.2) is 71.7 Å². The molecule has 0 saturated heterocycles. The number of hydrogen-bond donors (Lipinski definition) is 1. The fourth-order valence-electron chi connectivity index (χ4n) is 3.49. The maximum absolute atomic E-state index is 6.09. The van der Waals surface area contributed by atoms with Gasteiger partial charge < -0.3 is 14.8 Å². The Hall–Kier alpha value is -2.69. The number of methoxy groups -OCH3 is 2. The lowest BCUT2D eigenvalue weighted by atomic mass is 9.95. The smallest absolute Gasteiger partial charge is 0.133 e. The molecule has 148 valence electrons. The second-order valence-electron chi connectivity index (χ2n) is 6.71. The van der Waals surface area contributed by atoms with Crippen molar-refractivity contribution in [3.63, 3.8) is 0 Å². The van der Waals surface area contributed by atoms with E-state index in [-0.39, 0.29) is 12.1 Å². The van der Waals surface area contributed by atoms with Gasteiger partial charge in [-0.15, -0.1) is 0 Å². The lowest BCUT2D eigenvalue weighted by Crippen LogP contribution is -2.25. The van der Waals surface area contributed by atoms with Gasteiger partial charge in [-0.1, -0.05) is 47.5 Å². The van der Waals surface area contributed by atoms with Crippen molar-refractivity contribution in [3.05, 3.63) is 93.5 Å². The molecular weight excluding hydrogens is 407 g/mol. The fourth-order valence-corrected chi connectivity index (χ4v) is 3.74. The Morgan fingerprint density at radius 1 is 0.793 bits per heavy atom. The van der Waals surface area contributed by atoms with Crippen molar-refractivity contribution in [2.75, 3.05) is 14.2 Å². The van der Waals surface area contributed by atoms with Crippen LogP contribution in [-0.4, -0.2) is 20.1 Å². The van der Waals surface area contributed by atoms with E-state index >= 15 is 0 Å². The lowest BCUT2D eigenvalue weighted by Gasteiger charge is -2.20. The lowest BCUT2D eigenvalue weighted by molar-refractivity contribution is 0.402. The van der Waals surface area contributed by atoms with E-state index in [1.54, 1.807) is 14.2 Å². The zero-order valence-electron chi connectivity index (χ0n) is 16.0. The summed E-state index contributed by atoms with van der Waals surface area (Å²) in [5.41, 5.74) is 3.01. The van der Waals surface area contributed by atoms with Crippen molar-refractivity contribution < 1.29 is 9.47 Å². The van der Waals surface area contributed by atoms with Crippen LogP contribution in [0.1, 0.15) is 28.8 Å². The van der Waals surface area contributed by atoms with Crippen LogP contribution in [0, 0.1) is 0 Å². The molecular formula is C23H20Cl2N2O2. The number of ether oxygens (including phenoxy) is 2. The molecule has 6 heteroatoms. The third-order valence-corrected chi connectivity index (χ3v) is 5.48. The molecule has 0 bridgehead atoms. The topological polar surface area (TPSA) is 42.9 Å². The molecule has 0 amide bonds. The fraction of sp³-hybridized carbons (Fsp3) is 0.174. The van der Waals surface area contributed by atoms with Gasteiger partial charge in [0.15, 0.2) is 0 Å². The van der Waals surface area contributed by atoms with E-state index in [0.29, 0.717) is 10.0 Å². The van der Waals surface area contributed by atoms with Gasteiger partial charge in [0.1, 0.15) is 23.4 Å². The van der Waals surface area contributed by atoms with Crippen LogP contribution in [-0.2, 0) is 0 Å². The van der Waals surface area contributed by atoms with E-state index in [0.717, 1.165) is 34.0 Å². The zero-order valence-corrected chi connectivity index (χ0v) is 17.5. The summed E-state index contributed by atoms with van der Waals surface area (Å²) >= 11 is 12.2. The quantitative estimate of drug-likeness (QED) is 0.556. The molecule has 1 N–H and O–H groups in total. The molecule has 2 atom stereocenters. The second-order valence-corrected chi connectivity index (χ2v) is 7.59. The summed E-state index contributed by atoms with van der Waals surface area (Å²) in [5, 5.41) is 4.97.